The Bertz CT molecular complexity index is 742. The third-order valence-corrected chi connectivity index (χ3v) is 4.99. The summed E-state index contributed by atoms with van der Waals surface area (Å²) in [4.78, 5) is 19.7. The van der Waals surface area contributed by atoms with Crippen LogP contribution in [-0.4, -0.2) is 40.1 Å². The van der Waals surface area contributed by atoms with Crippen molar-refractivity contribution in [3.8, 4) is 0 Å². The first-order valence-corrected chi connectivity index (χ1v) is 8.96. The summed E-state index contributed by atoms with van der Waals surface area (Å²) in [6.07, 6.45) is 5.01. The maximum Gasteiger partial charge on any atom is 0.254 e. The number of amides is 1. The predicted molar refractivity (Wildman–Crippen MR) is 96.2 cm³/mol. The molecule has 128 valence electrons. The molecule has 24 heavy (non-hydrogen) atoms. The smallest absolute Gasteiger partial charge is 0.254 e. The fourth-order valence-electron chi connectivity index (χ4n) is 3.59. The van der Waals surface area contributed by atoms with E-state index in [-0.39, 0.29) is 18.6 Å². The molecule has 1 saturated heterocycles. The number of benzene rings is 1. The molecule has 1 aromatic carbocycles. The number of aromatic nitrogens is 1. The molecule has 1 amide bonds. The molecule has 1 aromatic heterocycles. The summed E-state index contributed by atoms with van der Waals surface area (Å²) in [5.41, 5.74) is 3.64. The first-order valence-electron chi connectivity index (χ1n) is 8.96. The minimum Gasteiger partial charge on any atom is -0.394 e. The van der Waals surface area contributed by atoms with Gasteiger partial charge in [-0.15, -0.1) is 0 Å². The van der Waals surface area contributed by atoms with Crippen molar-refractivity contribution >= 4 is 16.8 Å². The zero-order valence-electron chi connectivity index (χ0n) is 14.6. The number of aliphatic hydroxyl groups is 1. The van der Waals surface area contributed by atoms with Gasteiger partial charge >= 0.3 is 0 Å². The lowest BCUT2D eigenvalue weighted by Gasteiger charge is -2.29. The number of carbonyl (C=O) groups is 1. The van der Waals surface area contributed by atoms with Crippen molar-refractivity contribution in [2.45, 2.75) is 52.0 Å². The van der Waals surface area contributed by atoms with Crippen LogP contribution in [-0.2, 0) is 6.42 Å². The standard InChI is InChI=1S/C20H26N2O2/c1-3-15-8-9-19-17(12-15)18(11-14(2)21-19)20(24)22-10-6-4-5-7-16(22)13-23/h8-9,11-12,16,23H,3-7,10,13H2,1-2H3. The molecule has 2 heterocycles. The fourth-order valence-corrected chi connectivity index (χ4v) is 3.59. The second-order valence-electron chi connectivity index (χ2n) is 6.70. The first-order chi connectivity index (χ1) is 11.6. The number of pyridine rings is 1. The third kappa shape index (κ3) is 3.29. The van der Waals surface area contributed by atoms with Gasteiger partial charge in [-0.05, 0) is 49.9 Å². The number of fused-ring (bicyclic) bond motifs is 1. The van der Waals surface area contributed by atoms with E-state index >= 15 is 0 Å². The molecule has 1 unspecified atom stereocenters. The second-order valence-corrected chi connectivity index (χ2v) is 6.70. The van der Waals surface area contributed by atoms with Gasteiger partial charge < -0.3 is 10.0 Å². The number of hydrogen-bond donors (Lipinski definition) is 1. The van der Waals surface area contributed by atoms with Gasteiger partial charge in [0.1, 0.15) is 0 Å². The number of carbonyl (C=O) groups excluding carboxylic acids is 1. The molecular weight excluding hydrogens is 300 g/mol. The predicted octanol–water partition coefficient (Wildman–Crippen LogP) is 3.48. The molecule has 0 spiro atoms. The Balaban J connectivity index is 2.07. The van der Waals surface area contributed by atoms with E-state index in [1.54, 1.807) is 0 Å². The highest BCUT2D eigenvalue weighted by Crippen LogP contribution is 2.25. The van der Waals surface area contributed by atoms with Crippen LogP contribution >= 0.6 is 0 Å². The number of rotatable bonds is 3. The van der Waals surface area contributed by atoms with Crippen LogP contribution < -0.4 is 0 Å². The number of aryl methyl sites for hydroxylation is 2. The lowest BCUT2D eigenvalue weighted by Crippen LogP contribution is -2.42. The molecule has 1 aliphatic heterocycles. The molecule has 1 N–H and O–H groups in total. The van der Waals surface area contributed by atoms with E-state index in [9.17, 15) is 9.90 Å². The minimum absolute atomic E-state index is 0.0275. The summed E-state index contributed by atoms with van der Waals surface area (Å²) in [5.74, 6) is 0.0275. The first kappa shape index (κ1) is 16.9. The lowest BCUT2D eigenvalue weighted by molar-refractivity contribution is 0.0601. The van der Waals surface area contributed by atoms with E-state index in [0.717, 1.165) is 55.2 Å². The van der Waals surface area contributed by atoms with Gasteiger partial charge in [0, 0.05) is 17.6 Å². The summed E-state index contributed by atoms with van der Waals surface area (Å²) in [6.45, 7) is 4.80. The van der Waals surface area contributed by atoms with E-state index in [4.69, 9.17) is 0 Å². The van der Waals surface area contributed by atoms with Crippen LogP contribution in [0.5, 0.6) is 0 Å². The van der Waals surface area contributed by atoms with E-state index in [1.165, 1.54) is 5.56 Å². The average molecular weight is 326 g/mol. The van der Waals surface area contributed by atoms with Crippen molar-refractivity contribution in [3.63, 3.8) is 0 Å². The summed E-state index contributed by atoms with van der Waals surface area (Å²) < 4.78 is 0. The van der Waals surface area contributed by atoms with Crippen molar-refractivity contribution in [3.05, 3.63) is 41.1 Å². The summed E-state index contributed by atoms with van der Waals surface area (Å²) in [6, 6.07) is 7.98. The van der Waals surface area contributed by atoms with Crippen molar-refractivity contribution in [2.24, 2.45) is 0 Å². The van der Waals surface area contributed by atoms with Gasteiger partial charge in [-0.3, -0.25) is 9.78 Å². The molecule has 1 atom stereocenters. The highest BCUT2D eigenvalue weighted by atomic mass is 16.3. The number of aliphatic hydroxyl groups excluding tert-OH is 1. The maximum atomic E-state index is 13.3. The second kappa shape index (κ2) is 7.31. The Kier molecular flexibility index (Phi) is 5.14. The van der Waals surface area contributed by atoms with Gasteiger partial charge in [0.05, 0.1) is 23.7 Å². The Morgan fingerprint density at radius 3 is 2.88 bits per heavy atom. The van der Waals surface area contributed by atoms with E-state index in [1.807, 2.05) is 24.0 Å². The monoisotopic (exact) mass is 326 g/mol. The molecule has 1 aliphatic rings. The van der Waals surface area contributed by atoms with Crippen molar-refractivity contribution < 1.29 is 9.90 Å². The van der Waals surface area contributed by atoms with Crippen LogP contribution in [0, 0.1) is 6.92 Å². The highest BCUT2D eigenvalue weighted by Gasteiger charge is 2.27. The van der Waals surface area contributed by atoms with Crippen molar-refractivity contribution in [1.29, 1.82) is 0 Å². The van der Waals surface area contributed by atoms with E-state index < -0.39 is 0 Å². The summed E-state index contributed by atoms with van der Waals surface area (Å²) >= 11 is 0. The number of nitrogens with zero attached hydrogens (tertiary/aromatic N) is 2. The number of hydrogen-bond acceptors (Lipinski definition) is 3. The average Bonchev–Trinajstić information content (AvgIpc) is 2.85. The zero-order chi connectivity index (χ0) is 17.1. The fraction of sp³-hybridized carbons (Fsp3) is 0.500. The van der Waals surface area contributed by atoms with Crippen LogP contribution in [0.4, 0.5) is 0 Å². The molecule has 0 bridgehead atoms. The van der Waals surface area contributed by atoms with Crippen molar-refractivity contribution in [2.75, 3.05) is 13.2 Å². The van der Waals surface area contributed by atoms with Gasteiger partial charge in [0.2, 0.25) is 0 Å². The number of likely N-dealkylation sites (tertiary alicyclic amines) is 1. The molecule has 1 fully saturated rings. The molecule has 0 saturated carbocycles. The van der Waals surface area contributed by atoms with Crippen LogP contribution in [0.1, 0.15) is 54.2 Å². The van der Waals surface area contributed by atoms with Crippen LogP contribution in [0.2, 0.25) is 0 Å². The van der Waals surface area contributed by atoms with Crippen molar-refractivity contribution in [1.82, 2.24) is 9.88 Å². The molecule has 3 rings (SSSR count). The summed E-state index contributed by atoms with van der Waals surface area (Å²) in [5, 5.41) is 10.6. The Morgan fingerprint density at radius 1 is 1.29 bits per heavy atom. The summed E-state index contributed by atoms with van der Waals surface area (Å²) in [7, 11) is 0. The Labute approximate surface area is 143 Å². The van der Waals surface area contributed by atoms with Crippen LogP contribution in [0.3, 0.4) is 0 Å². The molecular formula is C20H26N2O2. The molecule has 2 aromatic rings. The minimum atomic E-state index is -0.0714. The maximum absolute atomic E-state index is 13.3. The Hall–Kier alpha value is -1.94. The van der Waals surface area contributed by atoms with Crippen LogP contribution in [0.25, 0.3) is 10.9 Å². The highest BCUT2D eigenvalue weighted by molar-refractivity contribution is 6.06. The van der Waals surface area contributed by atoms with Crippen LogP contribution in [0.15, 0.2) is 24.3 Å². The van der Waals surface area contributed by atoms with E-state index in [0.29, 0.717) is 5.56 Å². The third-order valence-electron chi connectivity index (χ3n) is 4.99. The molecule has 4 heteroatoms. The van der Waals surface area contributed by atoms with Gasteiger partial charge in [0.15, 0.2) is 0 Å². The molecule has 0 radical (unpaired) electrons. The zero-order valence-corrected chi connectivity index (χ0v) is 14.6. The largest absolute Gasteiger partial charge is 0.394 e. The van der Waals surface area contributed by atoms with Gasteiger partial charge in [-0.2, -0.15) is 0 Å². The van der Waals surface area contributed by atoms with Gasteiger partial charge in [-0.25, -0.2) is 0 Å². The van der Waals surface area contributed by atoms with Gasteiger partial charge in [0.25, 0.3) is 5.91 Å². The lowest BCUT2D eigenvalue weighted by atomic mass is 10.0. The molecule has 0 aliphatic carbocycles. The normalized spacial score (nSPS) is 18.6. The Morgan fingerprint density at radius 2 is 2.12 bits per heavy atom. The topological polar surface area (TPSA) is 53.4 Å². The molecule has 4 nitrogen and oxygen atoms in total. The van der Waals surface area contributed by atoms with E-state index in [2.05, 4.69) is 24.0 Å². The van der Waals surface area contributed by atoms with Gasteiger partial charge in [-0.1, -0.05) is 25.8 Å². The quantitative estimate of drug-likeness (QED) is 0.939. The SMILES string of the molecule is CCc1ccc2nc(C)cc(C(=O)N3CCCCCC3CO)c2c1.